The third kappa shape index (κ3) is 5.12. The summed E-state index contributed by atoms with van der Waals surface area (Å²) in [7, 11) is 0. The Kier molecular flexibility index (Phi) is 6.69. The number of benzene rings is 1. The number of nitrogens with zero attached hydrogens (tertiary/aromatic N) is 1. The monoisotopic (exact) mass is 380 g/mol. The van der Waals surface area contributed by atoms with Crippen LogP contribution in [0.1, 0.15) is 59.3 Å². The van der Waals surface area contributed by atoms with Gasteiger partial charge in [-0.2, -0.15) is 0 Å². The van der Waals surface area contributed by atoms with Crippen LogP contribution in [-0.2, 0) is 4.79 Å². The van der Waals surface area contributed by atoms with Crippen molar-refractivity contribution in [2.75, 3.05) is 13.1 Å². The van der Waals surface area contributed by atoms with E-state index in [0.29, 0.717) is 24.4 Å². The van der Waals surface area contributed by atoms with Gasteiger partial charge in [0, 0.05) is 24.7 Å². The topological polar surface area (TPSA) is 62.6 Å². The minimum atomic E-state index is -0.290. The van der Waals surface area contributed by atoms with Crippen molar-refractivity contribution in [3.63, 3.8) is 0 Å². The summed E-state index contributed by atoms with van der Waals surface area (Å²) in [6, 6.07) is 9.07. The summed E-state index contributed by atoms with van der Waals surface area (Å²) in [5.41, 5.74) is 2.95. The van der Waals surface area contributed by atoms with E-state index in [1.165, 1.54) is 6.42 Å². The van der Waals surface area contributed by atoms with Crippen LogP contribution in [0.15, 0.2) is 46.7 Å². The van der Waals surface area contributed by atoms with Crippen LogP contribution >= 0.6 is 0 Å². The maximum atomic E-state index is 13.2. The first-order chi connectivity index (χ1) is 13.5. The second-order valence-electron chi connectivity index (χ2n) is 7.39. The van der Waals surface area contributed by atoms with Crippen LogP contribution in [0.5, 0.6) is 0 Å². The van der Waals surface area contributed by atoms with Crippen LogP contribution in [0.25, 0.3) is 6.08 Å². The Morgan fingerprint density at radius 1 is 1.00 bits per heavy atom. The van der Waals surface area contributed by atoms with Gasteiger partial charge in [-0.3, -0.25) is 9.59 Å². The first kappa shape index (κ1) is 19.9. The lowest BCUT2D eigenvalue weighted by atomic mass is 10.1. The van der Waals surface area contributed by atoms with Gasteiger partial charge >= 0.3 is 0 Å². The summed E-state index contributed by atoms with van der Waals surface area (Å²) in [5, 5.41) is 2.82. The fourth-order valence-electron chi connectivity index (χ4n) is 3.36. The summed E-state index contributed by atoms with van der Waals surface area (Å²) >= 11 is 0. The Balaban J connectivity index is 1.83. The van der Waals surface area contributed by atoms with Crippen molar-refractivity contribution in [2.45, 2.75) is 46.0 Å². The Labute approximate surface area is 166 Å². The number of carbonyl (C=O) groups is 2. The lowest BCUT2D eigenvalue weighted by molar-refractivity contribution is -0.127. The van der Waals surface area contributed by atoms with Crippen molar-refractivity contribution in [3.05, 3.63) is 64.7 Å². The average molecular weight is 380 g/mol. The lowest BCUT2D eigenvalue weighted by Gasteiger charge is -2.26. The van der Waals surface area contributed by atoms with Crippen LogP contribution < -0.4 is 5.32 Å². The van der Waals surface area contributed by atoms with E-state index in [2.05, 4.69) is 5.32 Å². The molecule has 0 saturated carbocycles. The van der Waals surface area contributed by atoms with E-state index < -0.39 is 0 Å². The third-order valence-electron chi connectivity index (χ3n) is 5.22. The molecule has 1 fully saturated rings. The second kappa shape index (κ2) is 9.40. The smallest absolute Gasteiger partial charge is 0.270 e. The highest BCUT2D eigenvalue weighted by Crippen LogP contribution is 2.16. The van der Waals surface area contributed by atoms with Gasteiger partial charge in [-0.15, -0.1) is 0 Å². The molecule has 0 atom stereocenters. The van der Waals surface area contributed by atoms with Crippen LogP contribution in [-0.4, -0.2) is 29.8 Å². The van der Waals surface area contributed by atoms with E-state index in [-0.39, 0.29) is 17.5 Å². The summed E-state index contributed by atoms with van der Waals surface area (Å²) in [4.78, 5) is 27.8. The largest absolute Gasteiger partial charge is 0.465 e. The first-order valence-corrected chi connectivity index (χ1v) is 9.97. The number of rotatable bonds is 4. The number of aryl methyl sites for hydroxylation is 2. The van der Waals surface area contributed by atoms with Gasteiger partial charge < -0.3 is 14.6 Å². The molecule has 1 aromatic heterocycles. The van der Waals surface area contributed by atoms with Crippen molar-refractivity contribution in [3.8, 4) is 0 Å². The van der Waals surface area contributed by atoms with Crippen LogP contribution in [0, 0.1) is 13.8 Å². The van der Waals surface area contributed by atoms with Gasteiger partial charge in [0.25, 0.3) is 11.8 Å². The zero-order valence-corrected chi connectivity index (χ0v) is 16.7. The van der Waals surface area contributed by atoms with E-state index in [1.807, 2.05) is 30.9 Å². The number of carbonyl (C=O) groups excluding carboxylic acids is 2. The number of nitrogens with one attached hydrogen (secondary N) is 1. The van der Waals surface area contributed by atoms with Crippen molar-refractivity contribution >= 4 is 17.9 Å². The van der Waals surface area contributed by atoms with Crippen molar-refractivity contribution in [1.82, 2.24) is 10.2 Å². The third-order valence-corrected chi connectivity index (χ3v) is 5.22. The number of hydrogen-bond donors (Lipinski definition) is 1. The number of amides is 2. The summed E-state index contributed by atoms with van der Waals surface area (Å²) in [6.07, 6.45) is 8.64. The molecule has 5 heteroatoms. The predicted molar refractivity (Wildman–Crippen MR) is 110 cm³/mol. The summed E-state index contributed by atoms with van der Waals surface area (Å²) in [6.45, 7) is 5.41. The highest BCUT2D eigenvalue weighted by atomic mass is 16.3. The SMILES string of the molecule is Cc1ccc(C(=O)N/C(=C\c2ccco2)C(=O)N2CCCCCCC2)cc1C. The molecule has 28 heavy (non-hydrogen) atoms. The minimum absolute atomic E-state index is 0.157. The number of likely N-dealkylation sites (tertiary alicyclic amines) is 1. The molecule has 1 aliphatic rings. The molecule has 1 aromatic carbocycles. The van der Waals surface area contributed by atoms with Gasteiger partial charge in [-0.05, 0) is 62.1 Å². The molecule has 2 heterocycles. The van der Waals surface area contributed by atoms with Crippen molar-refractivity contribution in [1.29, 1.82) is 0 Å². The van der Waals surface area contributed by atoms with Crippen molar-refractivity contribution < 1.29 is 14.0 Å². The first-order valence-electron chi connectivity index (χ1n) is 9.97. The fourth-order valence-corrected chi connectivity index (χ4v) is 3.36. The Hall–Kier alpha value is -2.82. The quantitative estimate of drug-likeness (QED) is 0.797. The Morgan fingerprint density at radius 3 is 2.36 bits per heavy atom. The molecule has 0 spiro atoms. The van der Waals surface area contributed by atoms with Gasteiger partial charge in [-0.25, -0.2) is 0 Å². The molecule has 1 aliphatic heterocycles. The lowest BCUT2D eigenvalue weighted by Crippen LogP contribution is -2.40. The van der Waals surface area contributed by atoms with Gasteiger partial charge in [0.1, 0.15) is 11.5 Å². The van der Waals surface area contributed by atoms with Crippen LogP contribution in [0.2, 0.25) is 0 Å². The molecular formula is C23H28N2O3. The maximum Gasteiger partial charge on any atom is 0.270 e. The van der Waals surface area contributed by atoms with E-state index in [9.17, 15) is 9.59 Å². The normalized spacial score (nSPS) is 15.6. The number of hydrogen-bond acceptors (Lipinski definition) is 3. The van der Waals surface area contributed by atoms with Gasteiger partial charge in [0.15, 0.2) is 0 Å². The minimum Gasteiger partial charge on any atom is -0.465 e. The van der Waals surface area contributed by atoms with Crippen LogP contribution in [0.4, 0.5) is 0 Å². The molecule has 0 radical (unpaired) electrons. The molecule has 5 nitrogen and oxygen atoms in total. The number of furan rings is 1. The molecule has 0 aliphatic carbocycles. The molecular weight excluding hydrogens is 352 g/mol. The molecule has 148 valence electrons. The Morgan fingerprint density at radius 2 is 1.71 bits per heavy atom. The Bertz CT molecular complexity index is 845. The molecule has 2 aromatic rings. The zero-order chi connectivity index (χ0) is 19.9. The van der Waals surface area contributed by atoms with Crippen LogP contribution in [0.3, 0.4) is 0 Å². The van der Waals surface area contributed by atoms with Gasteiger partial charge in [0.05, 0.1) is 6.26 Å². The molecule has 2 amide bonds. The fraction of sp³-hybridized carbons (Fsp3) is 0.391. The molecule has 0 unspecified atom stereocenters. The highest BCUT2D eigenvalue weighted by molar-refractivity contribution is 6.05. The second-order valence-corrected chi connectivity index (χ2v) is 7.39. The van der Waals surface area contributed by atoms with E-state index in [1.54, 1.807) is 30.5 Å². The van der Waals surface area contributed by atoms with Crippen molar-refractivity contribution in [2.24, 2.45) is 0 Å². The molecule has 1 saturated heterocycles. The van der Waals surface area contributed by atoms with E-state index in [0.717, 1.165) is 36.8 Å². The van der Waals surface area contributed by atoms with Gasteiger partial charge in [-0.1, -0.05) is 25.3 Å². The van der Waals surface area contributed by atoms with E-state index >= 15 is 0 Å². The highest BCUT2D eigenvalue weighted by Gasteiger charge is 2.22. The van der Waals surface area contributed by atoms with E-state index in [4.69, 9.17) is 4.42 Å². The molecule has 3 rings (SSSR count). The maximum absolute atomic E-state index is 13.2. The summed E-state index contributed by atoms with van der Waals surface area (Å²) in [5.74, 6) is 0.0903. The molecule has 1 N–H and O–H groups in total. The average Bonchev–Trinajstić information content (AvgIpc) is 3.16. The summed E-state index contributed by atoms with van der Waals surface area (Å²) < 4.78 is 5.37. The van der Waals surface area contributed by atoms with Gasteiger partial charge in [0.2, 0.25) is 0 Å². The zero-order valence-electron chi connectivity index (χ0n) is 16.7. The predicted octanol–water partition coefficient (Wildman–Crippen LogP) is 4.46. The molecule has 0 bridgehead atoms. The standard InChI is InChI=1S/C23H28N2O3/c1-17-10-11-19(15-18(17)2)22(26)24-21(16-20-9-8-14-28-20)23(27)25-12-6-4-3-5-7-13-25/h8-11,14-16H,3-7,12-13H2,1-2H3,(H,24,26)/b21-16-.